The summed E-state index contributed by atoms with van der Waals surface area (Å²) in [7, 11) is 0. The van der Waals surface area contributed by atoms with Gasteiger partial charge in [0.1, 0.15) is 0 Å². The molecular formula is C9H7BrN4O2. The Morgan fingerprint density at radius 1 is 1.31 bits per heavy atom. The Morgan fingerprint density at radius 2 is 2.00 bits per heavy atom. The lowest BCUT2D eigenvalue weighted by Gasteiger charge is -2.02. The van der Waals surface area contributed by atoms with Gasteiger partial charge in [-0.15, -0.1) is 10.2 Å². The van der Waals surface area contributed by atoms with Crippen LogP contribution in [0.15, 0.2) is 28.7 Å². The topological polar surface area (TPSA) is 90.9 Å². The molecule has 0 unspecified atom stereocenters. The maximum atomic E-state index is 10.8. The van der Waals surface area contributed by atoms with Crippen LogP contribution in [0.25, 0.3) is 0 Å². The van der Waals surface area contributed by atoms with Crippen LogP contribution in [0.1, 0.15) is 10.5 Å². The Hall–Kier alpha value is -1.89. The first-order chi connectivity index (χ1) is 7.66. The number of rotatable bonds is 3. The van der Waals surface area contributed by atoms with Gasteiger partial charge in [-0.1, -0.05) is 15.9 Å². The fourth-order valence-electron chi connectivity index (χ4n) is 1.14. The number of carboxylic acid groups (broad SMARTS) is 1. The quantitative estimate of drug-likeness (QED) is 0.801. The molecule has 1 heterocycles. The fourth-order valence-corrected chi connectivity index (χ4v) is 1.40. The van der Waals surface area contributed by atoms with Crippen LogP contribution in [0.4, 0.5) is 11.5 Å². The number of hydrogen-bond acceptors (Lipinski definition) is 4. The smallest absolute Gasteiger partial charge is 0.360 e. The van der Waals surface area contributed by atoms with Gasteiger partial charge in [-0.05, 0) is 24.3 Å². The van der Waals surface area contributed by atoms with Crippen LogP contribution in [-0.4, -0.2) is 26.5 Å². The van der Waals surface area contributed by atoms with Gasteiger partial charge < -0.3 is 10.4 Å². The van der Waals surface area contributed by atoms with Gasteiger partial charge in [-0.3, -0.25) is 0 Å². The third-order valence-corrected chi connectivity index (χ3v) is 2.39. The normalized spacial score (nSPS) is 10.1. The van der Waals surface area contributed by atoms with Crippen molar-refractivity contribution in [1.82, 2.24) is 15.4 Å². The molecule has 82 valence electrons. The fraction of sp³-hybridized carbons (Fsp3) is 0. The minimum Gasteiger partial charge on any atom is -0.476 e. The standard InChI is InChI=1S/C9H7BrN4O2/c10-5-1-3-6(4-2-5)11-8-7(9(15)16)12-14-13-8/h1-4H,(H,15,16)(H2,11,12,13,14). The Balaban J connectivity index is 2.23. The molecule has 6 nitrogen and oxygen atoms in total. The molecule has 0 aliphatic carbocycles. The summed E-state index contributed by atoms with van der Waals surface area (Å²) in [6.07, 6.45) is 0. The molecular weight excluding hydrogens is 276 g/mol. The zero-order chi connectivity index (χ0) is 11.5. The van der Waals surface area contributed by atoms with Gasteiger partial charge in [-0.2, -0.15) is 5.21 Å². The number of hydrogen-bond donors (Lipinski definition) is 3. The lowest BCUT2D eigenvalue weighted by molar-refractivity contribution is 0.0691. The number of benzene rings is 1. The van der Waals surface area contributed by atoms with Gasteiger partial charge in [-0.25, -0.2) is 4.79 Å². The second-order valence-corrected chi connectivity index (χ2v) is 3.87. The van der Waals surface area contributed by atoms with Crippen molar-refractivity contribution in [3.63, 3.8) is 0 Å². The molecule has 0 aliphatic rings. The van der Waals surface area contributed by atoms with E-state index >= 15 is 0 Å². The first-order valence-corrected chi connectivity index (χ1v) is 5.13. The molecule has 16 heavy (non-hydrogen) atoms. The Morgan fingerprint density at radius 3 is 2.62 bits per heavy atom. The van der Waals surface area contributed by atoms with Crippen LogP contribution >= 0.6 is 15.9 Å². The van der Waals surface area contributed by atoms with Crippen LogP contribution in [0.2, 0.25) is 0 Å². The summed E-state index contributed by atoms with van der Waals surface area (Å²) < 4.78 is 0.941. The van der Waals surface area contributed by atoms with Gasteiger partial charge in [0.05, 0.1) is 0 Å². The summed E-state index contributed by atoms with van der Waals surface area (Å²) in [5.41, 5.74) is 0.600. The summed E-state index contributed by atoms with van der Waals surface area (Å²) >= 11 is 3.31. The monoisotopic (exact) mass is 282 g/mol. The maximum Gasteiger partial charge on any atom is 0.360 e. The third kappa shape index (κ3) is 2.19. The number of nitrogens with one attached hydrogen (secondary N) is 2. The molecule has 0 amide bonds. The SMILES string of the molecule is O=C(O)c1n[nH]nc1Nc1ccc(Br)cc1. The van der Waals surface area contributed by atoms with E-state index in [9.17, 15) is 4.79 Å². The van der Waals surface area contributed by atoms with E-state index in [1.165, 1.54) is 0 Å². The van der Waals surface area contributed by atoms with Crippen molar-refractivity contribution < 1.29 is 9.90 Å². The van der Waals surface area contributed by atoms with Gasteiger partial charge in [0, 0.05) is 10.2 Å². The number of H-pyrrole nitrogens is 1. The molecule has 0 spiro atoms. The number of carboxylic acids is 1. The lowest BCUT2D eigenvalue weighted by atomic mass is 10.3. The predicted octanol–water partition coefficient (Wildman–Crippen LogP) is 2.01. The van der Waals surface area contributed by atoms with Gasteiger partial charge >= 0.3 is 5.97 Å². The van der Waals surface area contributed by atoms with Crippen molar-refractivity contribution in [2.75, 3.05) is 5.32 Å². The first-order valence-electron chi connectivity index (χ1n) is 4.33. The van der Waals surface area contributed by atoms with Crippen molar-refractivity contribution >= 4 is 33.4 Å². The van der Waals surface area contributed by atoms with E-state index in [2.05, 4.69) is 36.7 Å². The number of nitrogens with zero attached hydrogens (tertiary/aromatic N) is 2. The van der Waals surface area contributed by atoms with Crippen molar-refractivity contribution in [3.05, 3.63) is 34.4 Å². The van der Waals surface area contributed by atoms with E-state index in [0.717, 1.165) is 10.2 Å². The van der Waals surface area contributed by atoms with Crippen molar-refractivity contribution in [1.29, 1.82) is 0 Å². The minimum atomic E-state index is -1.13. The summed E-state index contributed by atoms with van der Waals surface area (Å²) in [6, 6.07) is 7.26. The van der Waals surface area contributed by atoms with Crippen molar-refractivity contribution in [2.45, 2.75) is 0 Å². The Kier molecular flexibility index (Phi) is 2.86. The number of anilines is 2. The van der Waals surface area contributed by atoms with Gasteiger partial charge in [0.15, 0.2) is 5.82 Å². The molecule has 0 saturated carbocycles. The Labute approximate surface area is 98.8 Å². The Bertz CT molecular complexity index is 508. The van der Waals surface area contributed by atoms with Crippen LogP contribution in [0.3, 0.4) is 0 Å². The predicted molar refractivity (Wildman–Crippen MR) is 60.8 cm³/mol. The molecule has 7 heteroatoms. The van der Waals surface area contributed by atoms with E-state index in [0.29, 0.717) is 0 Å². The zero-order valence-corrected chi connectivity index (χ0v) is 9.52. The summed E-state index contributed by atoms with van der Waals surface area (Å²) in [6.45, 7) is 0. The van der Waals surface area contributed by atoms with Crippen LogP contribution in [0, 0.1) is 0 Å². The second-order valence-electron chi connectivity index (χ2n) is 2.96. The summed E-state index contributed by atoms with van der Waals surface area (Å²) in [5.74, 6) is -0.941. The van der Waals surface area contributed by atoms with Crippen molar-refractivity contribution in [2.24, 2.45) is 0 Å². The van der Waals surface area contributed by atoms with Crippen LogP contribution in [-0.2, 0) is 0 Å². The van der Waals surface area contributed by atoms with Crippen molar-refractivity contribution in [3.8, 4) is 0 Å². The number of aromatic nitrogens is 3. The molecule has 2 rings (SSSR count). The minimum absolute atomic E-state index is 0.136. The zero-order valence-electron chi connectivity index (χ0n) is 7.94. The first kappa shape index (κ1) is 10.6. The van der Waals surface area contributed by atoms with E-state index < -0.39 is 5.97 Å². The average molecular weight is 283 g/mol. The maximum absolute atomic E-state index is 10.8. The summed E-state index contributed by atoms with van der Waals surface area (Å²) in [5, 5.41) is 21.2. The highest BCUT2D eigenvalue weighted by molar-refractivity contribution is 9.10. The third-order valence-electron chi connectivity index (χ3n) is 1.86. The number of aromatic amines is 1. The molecule has 1 aromatic carbocycles. The molecule has 0 radical (unpaired) electrons. The number of halogens is 1. The lowest BCUT2D eigenvalue weighted by Crippen LogP contribution is -2.02. The molecule has 2 aromatic rings. The summed E-state index contributed by atoms with van der Waals surface area (Å²) in [4.78, 5) is 10.8. The van der Waals surface area contributed by atoms with E-state index in [1.807, 2.05) is 12.1 Å². The molecule has 1 aromatic heterocycles. The van der Waals surface area contributed by atoms with Gasteiger partial charge in [0.2, 0.25) is 5.69 Å². The average Bonchev–Trinajstić information content (AvgIpc) is 2.69. The number of aromatic carboxylic acids is 1. The molecule has 0 bridgehead atoms. The molecule has 0 aliphatic heterocycles. The van der Waals surface area contributed by atoms with E-state index in [-0.39, 0.29) is 11.5 Å². The van der Waals surface area contributed by atoms with Crippen LogP contribution < -0.4 is 5.32 Å². The van der Waals surface area contributed by atoms with Crippen LogP contribution in [0.5, 0.6) is 0 Å². The molecule has 0 fully saturated rings. The molecule has 3 N–H and O–H groups in total. The highest BCUT2D eigenvalue weighted by atomic mass is 79.9. The highest BCUT2D eigenvalue weighted by Gasteiger charge is 2.14. The second kappa shape index (κ2) is 4.31. The largest absolute Gasteiger partial charge is 0.476 e. The van der Waals surface area contributed by atoms with E-state index in [4.69, 9.17) is 5.11 Å². The van der Waals surface area contributed by atoms with E-state index in [1.54, 1.807) is 12.1 Å². The molecule has 0 saturated heterocycles. The molecule has 0 atom stereocenters. The van der Waals surface area contributed by atoms with Gasteiger partial charge in [0.25, 0.3) is 0 Å². The highest BCUT2D eigenvalue weighted by Crippen LogP contribution is 2.19. The number of carbonyl (C=O) groups is 1.